The Hall–Kier alpha value is -8.34. The van der Waals surface area contributed by atoms with Crippen LogP contribution in [0.5, 0.6) is 0 Å². The summed E-state index contributed by atoms with van der Waals surface area (Å²) in [6, 6.07) is 76.0. The lowest BCUT2D eigenvalue weighted by molar-refractivity contribution is 1.07. The van der Waals surface area contributed by atoms with E-state index in [1.165, 1.54) is 0 Å². The van der Waals surface area contributed by atoms with Crippen molar-refractivity contribution >= 4 is 64.7 Å². The van der Waals surface area contributed by atoms with E-state index in [1.807, 2.05) is 18.2 Å². The summed E-state index contributed by atoms with van der Waals surface area (Å²) < 4.78 is 3.45. The lowest BCUT2D eigenvalue weighted by atomic mass is 10.0. The molecule has 13 aromatic rings. The summed E-state index contributed by atoms with van der Waals surface area (Å²) >= 11 is 5.13. The van der Waals surface area contributed by atoms with Crippen molar-refractivity contribution in [2.45, 2.75) is 0 Å². The van der Waals surface area contributed by atoms with E-state index in [-0.39, 0.29) is 0 Å². The molecule has 69 heavy (non-hydrogen) atoms. The normalized spacial score (nSPS) is 11.5. The van der Waals surface area contributed by atoms with Crippen molar-refractivity contribution in [1.29, 1.82) is 0 Å². The van der Waals surface area contributed by atoms with Crippen LogP contribution < -0.4 is 0 Å². The molecular weight excluding hydrogens is 901 g/mol. The molecule has 0 aliphatic rings. The van der Waals surface area contributed by atoms with Gasteiger partial charge in [0, 0.05) is 33.4 Å². The van der Waals surface area contributed by atoms with E-state index in [1.54, 1.807) is 34.0 Å². The lowest BCUT2D eigenvalue weighted by Crippen LogP contribution is -2.00. The molecule has 6 nitrogen and oxygen atoms in total. The predicted molar refractivity (Wildman–Crippen MR) is 288 cm³/mol. The fourth-order valence-corrected chi connectivity index (χ4v) is 11.6. The summed E-state index contributed by atoms with van der Waals surface area (Å²) in [7, 11) is 0. The van der Waals surface area contributed by atoms with Crippen LogP contribution in [0, 0.1) is 0 Å². The molecule has 0 aliphatic carbocycles. The van der Waals surface area contributed by atoms with Crippen molar-refractivity contribution in [2.75, 3.05) is 0 Å². The highest BCUT2D eigenvalue weighted by atomic mass is 32.1. The first-order chi connectivity index (χ1) is 34.1. The van der Waals surface area contributed by atoms with Gasteiger partial charge in [-0.2, -0.15) is 0 Å². The molecule has 0 radical (unpaired) electrons. The summed E-state index contributed by atoms with van der Waals surface area (Å²) in [5, 5.41) is 3.03. The highest BCUT2D eigenvalue weighted by molar-refractivity contribution is 7.22. The van der Waals surface area contributed by atoms with Crippen LogP contribution in [0.25, 0.3) is 130 Å². The van der Waals surface area contributed by atoms with Crippen LogP contribution in [0.2, 0.25) is 0 Å². The second-order valence-electron chi connectivity index (χ2n) is 16.8. The Labute approximate surface area is 409 Å². The van der Waals surface area contributed by atoms with Gasteiger partial charge in [-0.25, -0.2) is 29.9 Å². The van der Waals surface area contributed by atoms with Crippen LogP contribution in [0.3, 0.4) is 0 Å². The van der Waals surface area contributed by atoms with Crippen LogP contribution >= 0.6 is 34.0 Å². The van der Waals surface area contributed by atoms with Crippen LogP contribution in [-0.2, 0) is 0 Å². The van der Waals surface area contributed by atoms with Gasteiger partial charge in [0.25, 0.3) is 0 Å². The zero-order valence-corrected chi connectivity index (χ0v) is 39.1. The summed E-state index contributed by atoms with van der Waals surface area (Å²) in [6.45, 7) is 0. The molecule has 0 N–H and O–H groups in total. The minimum absolute atomic E-state index is 0.587. The standard InChI is InChI=1S/C60H36N6S3/c1-4-13-37(14-5-1)58-61-49-34-43(25-28-52(49)67-58)40-19-10-22-46(31-40)55-64-56(47-23-11-20-41(32-47)44-26-29-53-50(35-44)62-59(68-53)38-15-6-2-7-16-38)66-57(65-55)48-24-12-21-42(33-48)45-27-30-54-51(36-45)63-60(69-54)39-17-8-3-9-18-39/h1-36H. The van der Waals surface area contributed by atoms with Gasteiger partial charge in [-0.15, -0.1) is 34.0 Å². The minimum atomic E-state index is 0.587. The average Bonchev–Trinajstić information content (AvgIpc) is 4.19. The predicted octanol–water partition coefficient (Wildman–Crippen LogP) is 16.7. The molecule has 9 heteroatoms. The Balaban J connectivity index is 0.896. The van der Waals surface area contributed by atoms with Gasteiger partial charge in [0.1, 0.15) is 15.0 Å². The fraction of sp³-hybridized carbons (Fsp3) is 0. The van der Waals surface area contributed by atoms with Gasteiger partial charge >= 0.3 is 0 Å². The Kier molecular flexibility index (Phi) is 10.3. The Morgan fingerprint density at radius 2 is 0.464 bits per heavy atom. The van der Waals surface area contributed by atoms with Gasteiger partial charge in [-0.3, -0.25) is 0 Å². The third kappa shape index (κ3) is 8.08. The van der Waals surface area contributed by atoms with E-state index in [2.05, 4.69) is 200 Å². The first kappa shape index (κ1) is 40.9. The highest BCUT2D eigenvalue weighted by Crippen LogP contribution is 2.38. The van der Waals surface area contributed by atoms with Crippen molar-refractivity contribution < 1.29 is 0 Å². The van der Waals surface area contributed by atoms with Gasteiger partial charge in [-0.05, 0) is 88.0 Å². The number of fused-ring (bicyclic) bond motifs is 3. The molecule has 0 atom stereocenters. The Morgan fingerprint density at radius 3 is 0.768 bits per heavy atom. The Bertz CT molecular complexity index is 3600. The van der Waals surface area contributed by atoms with Crippen LogP contribution in [0.1, 0.15) is 0 Å². The molecule has 0 bridgehead atoms. The van der Waals surface area contributed by atoms with Crippen molar-refractivity contribution in [3.8, 4) is 99.3 Å². The third-order valence-corrected chi connectivity index (χ3v) is 15.5. The van der Waals surface area contributed by atoms with Gasteiger partial charge in [0.15, 0.2) is 17.5 Å². The first-order valence-electron chi connectivity index (χ1n) is 22.6. The Morgan fingerprint density at radius 1 is 0.203 bits per heavy atom. The minimum Gasteiger partial charge on any atom is -0.236 e. The van der Waals surface area contributed by atoms with Gasteiger partial charge < -0.3 is 0 Å². The zero-order valence-electron chi connectivity index (χ0n) is 36.7. The van der Waals surface area contributed by atoms with E-state index in [4.69, 9.17) is 29.9 Å². The fourth-order valence-electron chi connectivity index (χ4n) is 8.71. The summed E-state index contributed by atoms with van der Waals surface area (Å²) in [5.41, 5.74) is 15.3. The van der Waals surface area contributed by atoms with Gasteiger partial charge in [0.2, 0.25) is 0 Å². The van der Waals surface area contributed by atoms with Crippen molar-refractivity contribution in [3.63, 3.8) is 0 Å². The highest BCUT2D eigenvalue weighted by Gasteiger charge is 2.17. The largest absolute Gasteiger partial charge is 0.236 e. The molecule has 9 aromatic carbocycles. The molecular formula is C60H36N6S3. The monoisotopic (exact) mass is 936 g/mol. The van der Waals surface area contributed by atoms with E-state index in [0.29, 0.717) is 17.5 Å². The quantitative estimate of drug-likeness (QED) is 0.143. The molecule has 324 valence electrons. The average molecular weight is 937 g/mol. The van der Waals surface area contributed by atoms with E-state index >= 15 is 0 Å². The second kappa shape index (κ2) is 17.4. The maximum absolute atomic E-state index is 5.23. The van der Waals surface area contributed by atoms with Crippen molar-refractivity contribution in [2.24, 2.45) is 0 Å². The van der Waals surface area contributed by atoms with E-state index < -0.39 is 0 Å². The molecule has 13 rings (SSSR count). The zero-order chi connectivity index (χ0) is 45.7. The molecule has 4 heterocycles. The maximum atomic E-state index is 5.23. The van der Waals surface area contributed by atoms with Crippen LogP contribution in [0.4, 0.5) is 0 Å². The molecule has 0 fully saturated rings. The van der Waals surface area contributed by atoms with Crippen LogP contribution in [-0.4, -0.2) is 29.9 Å². The number of rotatable bonds is 9. The number of hydrogen-bond acceptors (Lipinski definition) is 9. The number of hydrogen-bond donors (Lipinski definition) is 0. The third-order valence-electron chi connectivity index (χ3n) is 12.2. The smallest absolute Gasteiger partial charge is 0.164 e. The first-order valence-corrected chi connectivity index (χ1v) is 25.0. The lowest BCUT2D eigenvalue weighted by Gasteiger charge is -2.11. The number of thiazole rings is 3. The van der Waals surface area contributed by atoms with Crippen molar-refractivity contribution in [3.05, 3.63) is 218 Å². The van der Waals surface area contributed by atoms with E-state index in [0.717, 1.165) is 112 Å². The summed E-state index contributed by atoms with van der Waals surface area (Å²) in [4.78, 5) is 30.8. The second-order valence-corrected chi connectivity index (χ2v) is 19.8. The van der Waals surface area contributed by atoms with E-state index in [9.17, 15) is 0 Å². The number of nitrogens with zero attached hydrogens (tertiary/aromatic N) is 6. The van der Waals surface area contributed by atoms with Gasteiger partial charge in [-0.1, -0.05) is 164 Å². The maximum Gasteiger partial charge on any atom is 0.164 e. The molecule has 0 aliphatic heterocycles. The number of benzene rings is 9. The molecule has 0 spiro atoms. The molecule has 4 aromatic heterocycles. The summed E-state index contributed by atoms with van der Waals surface area (Å²) in [6.07, 6.45) is 0. The SMILES string of the molecule is c1ccc(-c2nc3cc(-c4cccc(-c5nc(-c6cccc(-c7ccc8sc(-c9ccccc9)nc8c7)c6)nc(-c6cccc(-c7ccc8sc(-c9ccccc9)nc8c7)c6)n5)c4)ccc3s2)cc1. The van der Waals surface area contributed by atoms with Gasteiger partial charge in [0.05, 0.1) is 30.6 Å². The molecule has 0 saturated heterocycles. The van der Waals surface area contributed by atoms with Crippen LogP contribution in [0.15, 0.2) is 218 Å². The molecule has 0 unspecified atom stereocenters. The summed E-state index contributed by atoms with van der Waals surface area (Å²) in [5.74, 6) is 1.76. The molecule has 0 saturated carbocycles. The topological polar surface area (TPSA) is 77.3 Å². The van der Waals surface area contributed by atoms with Crippen molar-refractivity contribution in [1.82, 2.24) is 29.9 Å². The molecule has 0 amide bonds. The number of aromatic nitrogens is 6.